The highest BCUT2D eigenvalue weighted by atomic mass is 16.2. The van der Waals surface area contributed by atoms with Gasteiger partial charge in [0.05, 0.1) is 5.92 Å². The van der Waals surface area contributed by atoms with E-state index in [0.29, 0.717) is 23.7 Å². The van der Waals surface area contributed by atoms with Gasteiger partial charge >= 0.3 is 0 Å². The van der Waals surface area contributed by atoms with Crippen molar-refractivity contribution in [3.05, 3.63) is 59.7 Å². The van der Waals surface area contributed by atoms with Gasteiger partial charge in [-0.1, -0.05) is 25.1 Å². The van der Waals surface area contributed by atoms with Crippen LogP contribution < -0.4 is 10.2 Å². The highest BCUT2D eigenvalue weighted by Gasteiger charge is 2.38. The molecule has 0 aromatic heterocycles. The number of amides is 3. The van der Waals surface area contributed by atoms with Crippen LogP contribution in [0.4, 0.5) is 11.4 Å². The van der Waals surface area contributed by atoms with E-state index < -0.39 is 0 Å². The van der Waals surface area contributed by atoms with E-state index in [9.17, 15) is 14.4 Å². The number of rotatable bonds is 4. The van der Waals surface area contributed by atoms with Crippen molar-refractivity contribution in [1.82, 2.24) is 4.90 Å². The summed E-state index contributed by atoms with van der Waals surface area (Å²) in [4.78, 5) is 41.9. The average Bonchev–Trinajstić information content (AvgIpc) is 3.15. The number of hydrogen-bond donors (Lipinski definition) is 1. The molecule has 2 heterocycles. The molecule has 2 saturated heterocycles. The number of carbonyl (C=O) groups excluding carboxylic acids is 3. The molecule has 6 nitrogen and oxygen atoms in total. The zero-order valence-corrected chi connectivity index (χ0v) is 18.1. The van der Waals surface area contributed by atoms with Crippen LogP contribution in [-0.4, -0.2) is 42.3 Å². The van der Waals surface area contributed by atoms with Crippen molar-refractivity contribution in [2.24, 2.45) is 11.8 Å². The lowest BCUT2D eigenvalue weighted by Crippen LogP contribution is -2.43. The normalized spacial score (nSPS) is 21.3. The van der Waals surface area contributed by atoms with Gasteiger partial charge in [0.1, 0.15) is 0 Å². The Bertz CT molecular complexity index is 1000. The van der Waals surface area contributed by atoms with E-state index in [1.54, 1.807) is 23.1 Å². The number of aryl methyl sites for hydroxylation is 1. The fraction of sp³-hybridized carbons (Fsp3) is 0.400. The predicted octanol–water partition coefficient (Wildman–Crippen LogP) is 3.86. The molecule has 162 valence electrons. The highest BCUT2D eigenvalue weighted by Crippen LogP contribution is 2.28. The number of likely N-dealkylation sites (tertiary alicyclic amines) is 1. The Morgan fingerprint density at radius 3 is 2.65 bits per heavy atom. The topological polar surface area (TPSA) is 69.7 Å². The minimum Gasteiger partial charge on any atom is -0.342 e. The Morgan fingerprint density at radius 2 is 1.87 bits per heavy atom. The highest BCUT2D eigenvalue weighted by molar-refractivity contribution is 6.06. The van der Waals surface area contributed by atoms with Crippen LogP contribution in [0.2, 0.25) is 0 Å². The van der Waals surface area contributed by atoms with Gasteiger partial charge in [-0.3, -0.25) is 14.4 Å². The van der Waals surface area contributed by atoms with Crippen molar-refractivity contribution in [2.45, 2.75) is 33.1 Å². The fourth-order valence-electron chi connectivity index (χ4n) is 4.51. The van der Waals surface area contributed by atoms with Gasteiger partial charge in [-0.25, -0.2) is 0 Å². The zero-order chi connectivity index (χ0) is 22.0. The molecule has 0 radical (unpaired) electrons. The zero-order valence-electron chi connectivity index (χ0n) is 18.1. The van der Waals surface area contributed by atoms with Gasteiger partial charge in [0, 0.05) is 43.0 Å². The third-order valence-electron chi connectivity index (χ3n) is 6.14. The van der Waals surface area contributed by atoms with E-state index in [1.165, 1.54) is 0 Å². The molecule has 31 heavy (non-hydrogen) atoms. The van der Waals surface area contributed by atoms with Gasteiger partial charge in [-0.05, 0) is 61.6 Å². The van der Waals surface area contributed by atoms with E-state index in [-0.39, 0.29) is 30.1 Å². The fourth-order valence-corrected chi connectivity index (χ4v) is 4.51. The number of piperidine rings is 1. The Hall–Kier alpha value is -3.15. The number of hydrogen-bond acceptors (Lipinski definition) is 3. The maximum atomic E-state index is 13.0. The Labute approximate surface area is 183 Å². The predicted molar refractivity (Wildman–Crippen MR) is 121 cm³/mol. The maximum Gasteiger partial charge on any atom is 0.255 e. The minimum atomic E-state index is -0.317. The molecule has 2 atom stereocenters. The van der Waals surface area contributed by atoms with Crippen LogP contribution in [0.25, 0.3) is 0 Å². The summed E-state index contributed by atoms with van der Waals surface area (Å²) in [7, 11) is 0. The molecule has 0 bridgehead atoms. The summed E-state index contributed by atoms with van der Waals surface area (Å²) < 4.78 is 0. The Morgan fingerprint density at radius 1 is 1.06 bits per heavy atom. The first-order chi connectivity index (χ1) is 14.9. The van der Waals surface area contributed by atoms with Gasteiger partial charge in [0.2, 0.25) is 11.8 Å². The van der Waals surface area contributed by atoms with Gasteiger partial charge < -0.3 is 15.1 Å². The molecule has 2 aliphatic heterocycles. The lowest BCUT2D eigenvalue weighted by Gasteiger charge is -2.32. The quantitative estimate of drug-likeness (QED) is 0.818. The monoisotopic (exact) mass is 419 g/mol. The van der Waals surface area contributed by atoms with Crippen molar-refractivity contribution in [3.8, 4) is 0 Å². The Kier molecular flexibility index (Phi) is 6.07. The number of nitrogens with one attached hydrogen (secondary N) is 1. The van der Waals surface area contributed by atoms with Gasteiger partial charge in [-0.2, -0.15) is 0 Å². The summed E-state index contributed by atoms with van der Waals surface area (Å²) in [6.45, 7) is 6.06. The Balaban J connectivity index is 1.45. The second-order valence-electron chi connectivity index (χ2n) is 8.81. The van der Waals surface area contributed by atoms with Gasteiger partial charge in [0.15, 0.2) is 0 Å². The van der Waals surface area contributed by atoms with Crippen LogP contribution in [0.3, 0.4) is 0 Å². The van der Waals surface area contributed by atoms with E-state index in [2.05, 4.69) is 12.2 Å². The molecule has 2 aromatic carbocycles. The first-order valence-corrected chi connectivity index (χ1v) is 11.0. The lowest BCUT2D eigenvalue weighted by molar-refractivity contribution is -0.137. The smallest absolute Gasteiger partial charge is 0.255 e. The summed E-state index contributed by atoms with van der Waals surface area (Å²) in [6, 6.07) is 14.7. The molecule has 1 N–H and O–H groups in total. The van der Waals surface area contributed by atoms with E-state index in [1.807, 2.05) is 42.2 Å². The van der Waals surface area contributed by atoms with Crippen LogP contribution in [-0.2, 0) is 9.59 Å². The molecule has 6 heteroatoms. The molecule has 3 amide bonds. The first-order valence-electron chi connectivity index (χ1n) is 11.0. The molecule has 0 aliphatic carbocycles. The van der Waals surface area contributed by atoms with Crippen molar-refractivity contribution in [3.63, 3.8) is 0 Å². The van der Waals surface area contributed by atoms with E-state index in [0.717, 1.165) is 37.2 Å². The maximum absolute atomic E-state index is 13.0. The van der Waals surface area contributed by atoms with Crippen LogP contribution in [0.5, 0.6) is 0 Å². The summed E-state index contributed by atoms with van der Waals surface area (Å²) in [5.41, 5.74) is 2.93. The SMILES string of the molecule is Cc1cccc(NC(=O)c2cccc(N3C[C@@H](C(=O)N4CCC[C@@H](C)C4)CC3=O)c2)c1. The number of carbonyl (C=O) groups is 3. The molecule has 0 saturated carbocycles. The molecular weight excluding hydrogens is 390 g/mol. The van der Waals surface area contributed by atoms with Gasteiger partial charge in [0.25, 0.3) is 5.91 Å². The second-order valence-corrected chi connectivity index (χ2v) is 8.81. The van der Waals surface area contributed by atoms with Crippen molar-refractivity contribution < 1.29 is 14.4 Å². The molecular formula is C25H29N3O3. The summed E-state index contributed by atoms with van der Waals surface area (Å²) in [5.74, 6) is -0.0264. The van der Waals surface area contributed by atoms with Crippen molar-refractivity contribution >= 4 is 29.1 Å². The van der Waals surface area contributed by atoms with E-state index in [4.69, 9.17) is 0 Å². The average molecular weight is 420 g/mol. The molecule has 2 aromatic rings. The summed E-state index contributed by atoms with van der Waals surface area (Å²) in [5, 5.41) is 2.90. The third-order valence-corrected chi connectivity index (χ3v) is 6.14. The first kappa shape index (κ1) is 21.1. The molecule has 0 spiro atoms. The molecule has 2 aliphatic rings. The van der Waals surface area contributed by atoms with Crippen molar-refractivity contribution in [2.75, 3.05) is 29.9 Å². The molecule has 2 fully saturated rings. The number of nitrogens with zero attached hydrogens (tertiary/aromatic N) is 2. The van der Waals surface area contributed by atoms with Crippen LogP contribution in [0.1, 0.15) is 42.1 Å². The second kappa shape index (κ2) is 8.92. The number of anilines is 2. The van der Waals surface area contributed by atoms with Crippen LogP contribution in [0.15, 0.2) is 48.5 Å². The minimum absolute atomic E-state index is 0.0698. The molecule has 4 rings (SSSR count). The summed E-state index contributed by atoms with van der Waals surface area (Å²) >= 11 is 0. The van der Waals surface area contributed by atoms with Crippen LogP contribution in [0, 0.1) is 18.8 Å². The van der Waals surface area contributed by atoms with Crippen LogP contribution >= 0.6 is 0 Å². The lowest BCUT2D eigenvalue weighted by atomic mass is 9.98. The number of benzene rings is 2. The standard InChI is InChI=1S/C25H29N3O3/c1-17-6-3-9-21(12-17)26-24(30)19-8-4-10-22(13-19)28-16-20(14-23(28)29)25(31)27-11-5-7-18(2)15-27/h3-4,6,8-10,12-13,18,20H,5,7,11,14-16H2,1-2H3,(H,26,30)/t18-,20+/m1/s1. The molecule has 0 unspecified atom stereocenters. The van der Waals surface area contributed by atoms with Crippen molar-refractivity contribution in [1.29, 1.82) is 0 Å². The third kappa shape index (κ3) is 4.79. The largest absolute Gasteiger partial charge is 0.342 e. The van der Waals surface area contributed by atoms with Gasteiger partial charge in [-0.15, -0.1) is 0 Å². The van der Waals surface area contributed by atoms with E-state index >= 15 is 0 Å². The summed E-state index contributed by atoms with van der Waals surface area (Å²) in [6.07, 6.45) is 2.40.